The Kier molecular flexibility index (Phi) is 4.86. The number of aliphatic imine (C=N–C) groups is 1. The summed E-state index contributed by atoms with van der Waals surface area (Å²) in [6, 6.07) is 8.19. The summed E-state index contributed by atoms with van der Waals surface area (Å²) in [5, 5.41) is 0. The average Bonchev–Trinajstić information content (AvgIpc) is 2.50. The van der Waals surface area contributed by atoms with Gasteiger partial charge in [0.05, 0.1) is 12.6 Å². The molecule has 4 nitrogen and oxygen atoms in total. The second-order valence-electron chi connectivity index (χ2n) is 6.62. The first-order chi connectivity index (χ1) is 10.7. The van der Waals surface area contributed by atoms with Crippen LogP contribution in [0, 0.1) is 5.92 Å². The molecular formula is C18H27N3O. The zero-order valence-electron chi connectivity index (χ0n) is 13.5. The molecule has 0 amide bonds. The molecular weight excluding hydrogens is 274 g/mol. The Morgan fingerprint density at radius 3 is 2.64 bits per heavy atom. The maximum absolute atomic E-state index is 6.17. The molecule has 1 heterocycles. The SMILES string of the molecule is CC1CCN(C(N)=NCc2ccccc2OC2CCC2)CC1. The van der Waals surface area contributed by atoms with Crippen molar-refractivity contribution in [3.63, 3.8) is 0 Å². The van der Waals surface area contributed by atoms with Gasteiger partial charge in [0.1, 0.15) is 5.75 Å². The van der Waals surface area contributed by atoms with Crippen molar-refractivity contribution < 1.29 is 4.74 Å². The van der Waals surface area contributed by atoms with E-state index < -0.39 is 0 Å². The number of likely N-dealkylation sites (tertiary alicyclic amines) is 1. The summed E-state index contributed by atoms with van der Waals surface area (Å²) in [6.45, 7) is 4.95. The molecule has 0 spiro atoms. The van der Waals surface area contributed by atoms with Crippen LogP contribution in [0.1, 0.15) is 44.6 Å². The highest BCUT2D eigenvalue weighted by Crippen LogP contribution is 2.28. The highest BCUT2D eigenvalue weighted by molar-refractivity contribution is 5.78. The molecule has 0 atom stereocenters. The number of hydrogen-bond donors (Lipinski definition) is 1. The van der Waals surface area contributed by atoms with Crippen molar-refractivity contribution in [2.24, 2.45) is 16.6 Å². The maximum atomic E-state index is 6.17. The predicted octanol–water partition coefficient (Wildman–Crippen LogP) is 3.16. The van der Waals surface area contributed by atoms with Crippen LogP contribution >= 0.6 is 0 Å². The number of para-hydroxylation sites is 1. The molecule has 4 heteroatoms. The van der Waals surface area contributed by atoms with Crippen molar-refractivity contribution in [1.82, 2.24) is 4.90 Å². The van der Waals surface area contributed by atoms with Crippen molar-refractivity contribution in [3.8, 4) is 5.75 Å². The minimum absolute atomic E-state index is 0.394. The normalized spacial score (nSPS) is 20.8. The van der Waals surface area contributed by atoms with Crippen LogP contribution < -0.4 is 10.5 Å². The quantitative estimate of drug-likeness (QED) is 0.686. The van der Waals surface area contributed by atoms with Gasteiger partial charge in [-0.3, -0.25) is 0 Å². The molecule has 1 saturated heterocycles. The van der Waals surface area contributed by atoms with E-state index in [2.05, 4.69) is 22.9 Å². The largest absolute Gasteiger partial charge is 0.490 e. The molecule has 2 fully saturated rings. The van der Waals surface area contributed by atoms with Crippen molar-refractivity contribution in [1.29, 1.82) is 0 Å². The van der Waals surface area contributed by atoms with Crippen LogP contribution in [-0.4, -0.2) is 30.1 Å². The van der Waals surface area contributed by atoms with Gasteiger partial charge in [0, 0.05) is 18.7 Å². The number of rotatable bonds is 4. The highest BCUT2D eigenvalue weighted by Gasteiger charge is 2.20. The van der Waals surface area contributed by atoms with E-state index in [0.29, 0.717) is 18.6 Å². The molecule has 120 valence electrons. The molecule has 1 aliphatic carbocycles. The fraction of sp³-hybridized carbons (Fsp3) is 0.611. The Labute approximate surface area is 133 Å². The number of nitrogens with zero attached hydrogens (tertiary/aromatic N) is 2. The lowest BCUT2D eigenvalue weighted by molar-refractivity contribution is 0.119. The summed E-state index contributed by atoms with van der Waals surface area (Å²) in [5.74, 6) is 2.45. The Morgan fingerprint density at radius 2 is 1.95 bits per heavy atom. The molecule has 1 aromatic carbocycles. The third-order valence-corrected chi connectivity index (χ3v) is 4.84. The average molecular weight is 301 g/mol. The molecule has 2 N–H and O–H groups in total. The third kappa shape index (κ3) is 3.73. The van der Waals surface area contributed by atoms with Crippen molar-refractivity contribution in [3.05, 3.63) is 29.8 Å². The molecule has 3 rings (SSSR count). The van der Waals surface area contributed by atoms with Crippen LogP contribution in [0.3, 0.4) is 0 Å². The molecule has 1 aliphatic heterocycles. The summed E-state index contributed by atoms with van der Waals surface area (Å²) >= 11 is 0. The minimum atomic E-state index is 0.394. The Morgan fingerprint density at radius 1 is 1.23 bits per heavy atom. The summed E-state index contributed by atoms with van der Waals surface area (Å²) in [5.41, 5.74) is 7.29. The Balaban J connectivity index is 1.61. The fourth-order valence-electron chi connectivity index (χ4n) is 2.92. The standard InChI is InChI=1S/C18H27N3O/c1-14-9-11-21(12-10-14)18(19)20-13-15-5-2-3-8-17(15)22-16-6-4-7-16/h2-3,5,8,14,16H,4,6-7,9-13H2,1H3,(H2,19,20). The molecule has 2 aliphatic rings. The number of piperidine rings is 1. The van der Waals surface area contributed by atoms with Crippen LogP contribution in [0.4, 0.5) is 0 Å². The molecule has 0 aromatic heterocycles. The second-order valence-corrected chi connectivity index (χ2v) is 6.62. The lowest BCUT2D eigenvalue weighted by Crippen LogP contribution is -2.42. The number of nitrogens with two attached hydrogens (primary N) is 1. The van der Waals surface area contributed by atoms with Crippen LogP contribution in [0.15, 0.2) is 29.3 Å². The van der Waals surface area contributed by atoms with E-state index >= 15 is 0 Å². The monoisotopic (exact) mass is 301 g/mol. The zero-order chi connectivity index (χ0) is 15.4. The van der Waals surface area contributed by atoms with Crippen molar-refractivity contribution in [2.75, 3.05) is 13.1 Å². The molecule has 0 radical (unpaired) electrons. The van der Waals surface area contributed by atoms with E-state index in [1.807, 2.05) is 18.2 Å². The molecule has 1 aromatic rings. The molecule has 0 unspecified atom stereocenters. The van der Waals surface area contributed by atoms with Crippen molar-refractivity contribution in [2.45, 2.75) is 51.7 Å². The van der Waals surface area contributed by atoms with Gasteiger partial charge in [0.25, 0.3) is 0 Å². The van der Waals surface area contributed by atoms with Gasteiger partial charge in [-0.25, -0.2) is 4.99 Å². The summed E-state index contributed by atoms with van der Waals surface area (Å²) < 4.78 is 6.05. The Hall–Kier alpha value is -1.71. The minimum Gasteiger partial charge on any atom is -0.490 e. The van der Waals surface area contributed by atoms with E-state index in [1.165, 1.54) is 32.1 Å². The van der Waals surface area contributed by atoms with Gasteiger partial charge in [-0.2, -0.15) is 0 Å². The lowest BCUT2D eigenvalue weighted by Gasteiger charge is -2.31. The lowest BCUT2D eigenvalue weighted by atomic mass is 9.96. The number of benzene rings is 1. The van der Waals surface area contributed by atoms with E-state index in [9.17, 15) is 0 Å². The molecule has 1 saturated carbocycles. The van der Waals surface area contributed by atoms with E-state index in [4.69, 9.17) is 10.5 Å². The van der Waals surface area contributed by atoms with E-state index in [0.717, 1.165) is 30.3 Å². The van der Waals surface area contributed by atoms with Crippen LogP contribution in [0.2, 0.25) is 0 Å². The summed E-state index contributed by atoms with van der Waals surface area (Å²) in [4.78, 5) is 6.80. The van der Waals surface area contributed by atoms with Crippen LogP contribution in [0.25, 0.3) is 0 Å². The third-order valence-electron chi connectivity index (χ3n) is 4.84. The first-order valence-electron chi connectivity index (χ1n) is 8.52. The maximum Gasteiger partial charge on any atom is 0.191 e. The van der Waals surface area contributed by atoms with Gasteiger partial charge >= 0.3 is 0 Å². The number of guanidine groups is 1. The van der Waals surface area contributed by atoms with Crippen LogP contribution in [-0.2, 0) is 6.54 Å². The topological polar surface area (TPSA) is 50.8 Å². The molecule has 22 heavy (non-hydrogen) atoms. The van der Waals surface area contributed by atoms with Gasteiger partial charge in [0.2, 0.25) is 0 Å². The fourth-order valence-corrected chi connectivity index (χ4v) is 2.92. The first-order valence-corrected chi connectivity index (χ1v) is 8.52. The van der Waals surface area contributed by atoms with Crippen LogP contribution in [0.5, 0.6) is 5.75 Å². The summed E-state index contributed by atoms with van der Waals surface area (Å²) in [7, 11) is 0. The highest BCUT2D eigenvalue weighted by atomic mass is 16.5. The molecule has 0 bridgehead atoms. The van der Waals surface area contributed by atoms with Gasteiger partial charge in [0.15, 0.2) is 5.96 Å². The van der Waals surface area contributed by atoms with E-state index in [1.54, 1.807) is 0 Å². The summed E-state index contributed by atoms with van der Waals surface area (Å²) in [6.07, 6.45) is 6.43. The van der Waals surface area contributed by atoms with Gasteiger partial charge < -0.3 is 15.4 Å². The van der Waals surface area contributed by atoms with Gasteiger partial charge in [-0.15, -0.1) is 0 Å². The zero-order valence-corrected chi connectivity index (χ0v) is 13.5. The first kappa shape index (κ1) is 15.2. The number of ether oxygens (including phenoxy) is 1. The van der Waals surface area contributed by atoms with Gasteiger partial charge in [-0.1, -0.05) is 25.1 Å². The number of hydrogen-bond acceptors (Lipinski definition) is 2. The second kappa shape index (κ2) is 7.03. The Bertz CT molecular complexity index is 517. The van der Waals surface area contributed by atoms with E-state index in [-0.39, 0.29) is 0 Å². The predicted molar refractivity (Wildman–Crippen MR) is 90.0 cm³/mol. The smallest absolute Gasteiger partial charge is 0.191 e. The van der Waals surface area contributed by atoms with Gasteiger partial charge in [-0.05, 0) is 44.1 Å². The van der Waals surface area contributed by atoms with Crippen molar-refractivity contribution >= 4 is 5.96 Å².